The van der Waals surface area contributed by atoms with Gasteiger partial charge < -0.3 is 5.32 Å². The van der Waals surface area contributed by atoms with E-state index in [4.69, 9.17) is 0 Å². The van der Waals surface area contributed by atoms with Crippen molar-refractivity contribution in [2.45, 2.75) is 45.2 Å². The lowest BCUT2D eigenvalue weighted by atomic mass is 10.0. The summed E-state index contributed by atoms with van der Waals surface area (Å²) >= 11 is 0. The summed E-state index contributed by atoms with van der Waals surface area (Å²) in [6.07, 6.45) is 3.41. The van der Waals surface area contributed by atoms with Gasteiger partial charge in [0.25, 0.3) is 0 Å². The van der Waals surface area contributed by atoms with Gasteiger partial charge in [-0.25, -0.2) is 8.42 Å². The third kappa shape index (κ3) is 3.68. The Hall–Kier alpha value is -0.130. The highest BCUT2D eigenvalue weighted by molar-refractivity contribution is 7.91. The highest BCUT2D eigenvalue weighted by Crippen LogP contribution is 2.22. The fraction of sp³-hybridized carbons (Fsp3) is 1.00. The molecular formula is C13H26N2O2S. The molecule has 0 radical (unpaired) electrons. The zero-order valence-corrected chi connectivity index (χ0v) is 12.4. The highest BCUT2D eigenvalue weighted by Gasteiger charge is 2.29. The van der Waals surface area contributed by atoms with Gasteiger partial charge in [-0.05, 0) is 31.7 Å². The molecule has 2 rings (SSSR count). The Balaban J connectivity index is 1.69. The maximum absolute atomic E-state index is 11.4. The molecule has 2 fully saturated rings. The molecule has 0 aromatic carbocycles. The van der Waals surface area contributed by atoms with Gasteiger partial charge in [0.2, 0.25) is 0 Å². The molecule has 2 aliphatic heterocycles. The van der Waals surface area contributed by atoms with Gasteiger partial charge in [0.1, 0.15) is 0 Å². The maximum Gasteiger partial charge on any atom is 0.151 e. The van der Waals surface area contributed by atoms with Crippen molar-refractivity contribution in [3.05, 3.63) is 0 Å². The van der Waals surface area contributed by atoms with E-state index >= 15 is 0 Å². The summed E-state index contributed by atoms with van der Waals surface area (Å²) in [5.41, 5.74) is 0. The van der Waals surface area contributed by atoms with Crippen LogP contribution in [0.15, 0.2) is 0 Å². The van der Waals surface area contributed by atoms with Crippen molar-refractivity contribution in [1.82, 2.24) is 10.2 Å². The van der Waals surface area contributed by atoms with Crippen LogP contribution in [0.3, 0.4) is 0 Å². The van der Waals surface area contributed by atoms with Crippen molar-refractivity contribution in [1.29, 1.82) is 0 Å². The Kier molecular flexibility index (Phi) is 4.67. The molecule has 2 unspecified atom stereocenters. The predicted octanol–water partition coefficient (Wildman–Crippen LogP) is 0.884. The molecule has 0 bridgehead atoms. The molecule has 0 aromatic heterocycles. The Labute approximate surface area is 111 Å². The average Bonchev–Trinajstić information content (AvgIpc) is 2.85. The average molecular weight is 274 g/mol. The van der Waals surface area contributed by atoms with Crippen LogP contribution in [0.1, 0.15) is 33.1 Å². The second kappa shape index (κ2) is 5.88. The lowest BCUT2D eigenvalue weighted by Gasteiger charge is -2.28. The summed E-state index contributed by atoms with van der Waals surface area (Å²) < 4.78 is 22.7. The molecule has 2 heterocycles. The van der Waals surface area contributed by atoms with Gasteiger partial charge in [-0.2, -0.15) is 0 Å². The molecule has 5 heteroatoms. The standard InChI is InChI=1S/C13H26N2O2S/c1-11(2)13-4-3-7-15(13)8-6-14-12-5-9-18(16,17)10-12/h11-14H,3-10H2,1-2H3. The van der Waals surface area contributed by atoms with Gasteiger partial charge in [-0.3, -0.25) is 4.90 Å². The molecule has 2 saturated heterocycles. The minimum atomic E-state index is -2.75. The number of hydrogen-bond donors (Lipinski definition) is 1. The lowest BCUT2D eigenvalue weighted by Crippen LogP contribution is -2.41. The Bertz CT molecular complexity index is 367. The van der Waals surface area contributed by atoms with Crippen LogP contribution in [0.2, 0.25) is 0 Å². The number of nitrogens with zero attached hydrogens (tertiary/aromatic N) is 1. The molecule has 2 atom stereocenters. The quantitative estimate of drug-likeness (QED) is 0.809. The molecule has 0 spiro atoms. The van der Waals surface area contributed by atoms with Crippen molar-refractivity contribution < 1.29 is 8.42 Å². The first kappa shape index (κ1) is 14.3. The minimum absolute atomic E-state index is 0.190. The van der Waals surface area contributed by atoms with Crippen LogP contribution < -0.4 is 5.32 Å². The van der Waals surface area contributed by atoms with Crippen LogP contribution in [-0.4, -0.2) is 56.5 Å². The van der Waals surface area contributed by atoms with Crippen LogP contribution >= 0.6 is 0 Å². The van der Waals surface area contributed by atoms with E-state index in [1.807, 2.05) is 0 Å². The fourth-order valence-electron chi connectivity index (χ4n) is 3.25. The molecule has 18 heavy (non-hydrogen) atoms. The summed E-state index contributed by atoms with van der Waals surface area (Å²) in [7, 11) is -2.75. The molecule has 0 aliphatic carbocycles. The van der Waals surface area contributed by atoms with E-state index < -0.39 is 9.84 Å². The van der Waals surface area contributed by atoms with Crippen molar-refractivity contribution in [3.8, 4) is 0 Å². The summed E-state index contributed by atoms with van der Waals surface area (Å²) in [5, 5.41) is 3.40. The van der Waals surface area contributed by atoms with Crippen molar-refractivity contribution in [2.75, 3.05) is 31.1 Å². The molecule has 0 amide bonds. The summed E-state index contributed by atoms with van der Waals surface area (Å²) in [5.74, 6) is 1.42. The lowest BCUT2D eigenvalue weighted by molar-refractivity contribution is 0.205. The number of sulfone groups is 1. The smallest absolute Gasteiger partial charge is 0.151 e. The van der Waals surface area contributed by atoms with E-state index in [1.165, 1.54) is 19.4 Å². The van der Waals surface area contributed by atoms with E-state index in [2.05, 4.69) is 24.1 Å². The van der Waals surface area contributed by atoms with Crippen LogP contribution in [0, 0.1) is 5.92 Å². The molecule has 4 nitrogen and oxygen atoms in total. The second-order valence-corrected chi connectivity index (χ2v) is 8.27. The zero-order valence-electron chi connectivity index (χ0n) is 11.6. The summed E-state index contributed by atoms with van der Waals surface area (Å²) in [6, 6.07) is 0.911. The van der Waals surface area contributed by atoms with Gasteiger partial charge >= 0.3 is 0 Å². The van der Waals surface area contributed by atoms with Crippen molar-refractivity contribution in [3.63, 3.8) is 0 Å². The number of likely N-dealkylation sites (tertiary alicyclic amines) is 1. The topological polar surface area (TPSA) is 49.4 Å². The third-order valence-electron chi connectivity index (χ3n) is 4.25. The van der Waals surface area contributed by atoms with Crippen molar-refractivity contribution >= 4 is 9.84 Å². The second-order valence-electron chi connectivity index (χ2n) is 6.04. The van der Waals surface area contributed by atoms with Crippen LogP contribution in [-0.2, 0) is 9.84 Å². The SMILES string of the molecule is CC(C)C1CCCN1CCNC1CCS(=O)(=O)C1. The third-order valence-corrected chi connectivity index (χ3v) is 6.02. The molecular weight excluding hydrogens is 248 g/mol. The Morgan fingerprint density at radius 2 is 2.11 bits per heavy atom. The molecule has 1 N–H and O–H groups in total. The highest BCUT2D eigenvalue weighted by atomic mass is 32.2. The normalized spacial score (nSPS) is 32.4. The van der Waals surface area contributed by atoms with Gasteiger partial charge in [0, 0.05) is 25.2 Å². The molecule has 0 saturated carbocycles. The Morgan fingerprint density at radius 1 is 1.33 bits per heavy atom. The first-order chi connectivity index (χ1) is 8.48. The van der Waals surface area contributed by atoms with Crippen molar-refractivity contribution in [2.24, 2.45) is 5.92 Å². The van der Waals surface area contributed by atoms with Gasteiger partial charge in [-0.1, -0.05) is 13.8 Å². The van der Waals surface area contributed by atoms with E-state index in [1.54, 1.807) is 0 Å². The van der Waals surface area contributed by atoms with E-state index in [-0.39, 0.29) is 6.04 Å². The van der Waals surface area contributed by atoms with Gasteiger partial charge in [0.05, 0.1) is 11.5 Å². The zero-order chi connectivity index (χ0) is 13.2. The molecule has 106 valence electrons. The predicted molar refractivity (Wildman–Crippen MR) is 74.5 cm³/mol. The first-order valence-electron chi connectivity index (χ1n) is 7.16. The van der Waals surface area contributed by atoms with Crippen LogP contribution in [0.5, 0.6) is 0 Å². The minimum Gasteiger partial charge on any atom is -0.312 e. The largest absolute Gasteiger partial charge is 0.312 e. The Morgan fingerprint density at radius 3 is 2.72 bits per heavy atom. The van der Waals surface area contributed by atoms with Gasteiger partial charge in [-0.15, -0.1) is 0 Å². The maximum atomic E-state index is 11.4. The van der Waals surface area contributed by atoms with Crippen LogP contribution in [0.25, 0.3) is 0 Å². The first-order valence-corrected chi connectivity index (χ1v) is 8.98. The van der Waals surface area contributed by atoms with E-state index in [0.29, 0.717) is 11.5 Å². The number of rotatable bonds is 5. The number of nitrogens with one attached hydrogen (secondary N) is 1. The van der Waals surface area contributed by atoms with Gasteiger partial charge in [0.15, 0.2) is 9.84 Å². The summed E-state index contributed by atoms with van der Waals surface area (Å²) in [6.45, 7) is 7.76. The van der Waals surface area contributed by atoms with Crippen LogP contribution in [0.4, 0.5) is 0 Å². The fourth-order valence-corrected chi connectivity index (χ4v) is 4.96. The monoisotopic (exact) mass is 274 g/mol. The number of hydrogen-bond acceptors (Lipinski definition) is 4. The molecule has 0 aromatic rings. The van der Waals surface area contributed by atoms with E-state index in [9.17, 15) is 8.42 Å². The van der Waals surface area contributed by atoms with E-state index in [0.717, 1.165) is 31.5 Å². The summed E-state index contributed by atoms with van der Waals surface area (Å²) in [4.78, 5) is 2.56. The molecule has 2 aliphatic rings.